The second-order valence-corrected chi connectivity index (χ2v) is 6.81. The summed E-state index contributed by atoms with van der Waals surface area (Å²) in [5.41, 5.74) is 4.31. The van der Waals surface area contributed by atoms with Crippen LogP contribution in [0.2, 0.25) is 0 Å². The van der Waals surface area contributed by atoms with Crippen LogP contribution in [-0.2, 0) is 13.0 Å². The Labute approximate surface area is 147 Å². The molecule has 0 unspecified atom stereocenters. The monoisotopic (exact) mass is 334 g/mol. The molecule has 0 radical (unpaired) electrons. The quantitative estimate of drug-likeness (QED) is 0.739. The van der Waals surface area contributed by atoms with Crippen LogP contribution in [0.3, 0.4) is 0 Å². The summed E-state index contributed by atoms with van der Waals surface area (Å²) in [4.78, 5) is 17.1. The lowest BCUT2D eigenvalue weighted by atomic mass is 9.94. The van der Waals surface area contributed by atoms with Gasteiger partial charge in [0.2, 0.25) is 0 Å². The number of carbonyl (C=O) groups is 1. The maximum absolute atomic E-state index is 12.9. The van der Waals surface area contributed by atoms with Crippen molar-refractivity contribution < 1.29 is 4.79 Å². The van der Waals surface area contributed by atoms with Gasteiger partial charge in [0.05, 0.1) is 11.7 Å². The minimum Gasteiger partial charge on any atom is -0.339 e. The molecule has 0 spiro atoms. The van der Waals surface area contributed by atoms with Gasteiger partial charge in [-0.25, -0.2) is 4.52 Å². The maximum atomic E-state index is 12.9. The number of amides is 1. The number of aromatic nitrogens is 2. The zero-order chi connectivity index (χ0) is 17.4. The van der Waals surface area contributed by atoms with Crippen molar-refractivity contribution in [2.24, 2.45) is 0 Å². The second-order valence-electron chi connectivity index (χ2n) is 6.81. The molecule has 0 fully saturated rings. The van der Waals surface area contributed by atoms with Gasteiger partial charge in [0.15, 0.2) is 0 Å². The standard InChI is InChI=1S/C20H22N4O/c1-22-13-16-7-4-3-6-15(16)12-18(22)14-23(2)20(25)19-9-5-8-17-10-11-21-24(17)19/h3-11,18H,12-14H2,1-2H3/t18-/m1/s1. The first-order chi connectivity index (χ1) is 12.1. The highest BCUT2D eigenvalue weighted by Crippen LogP contribution is 2.22. The fraction of sp³-hybridized carbons (Fsp3) is 0.300. The number of nitrogens with zero attached hydrogens (tertiary/aromatic N) is 4. The van der Waals surface area contributed by atoms with Crippen LogP contribution in [0, 0.1) is 0 Å². The lowest BCUT2D eigenvalue weighted by Gasteiger charge is -2.36. The van der Waals surface area contributed by atoms with Crippen LogP contribution in [0.25, 0.3) is 5.52 Å². The van der Waals surface area contributed by atoms with Gasteiger partial charge in [-0.2, -0.15) is 5.10 Å². The molecule has 3 heterocycles. The summed E-state index contributed by atoms with van der Waals surface area (Å²) in [7, 11) is 4.01. The predicted molar refractivity (Wildman–Crippen MR) is 97.6 cm³/mol. The summed E-state index contributed by atoms with van der Waals surface area (Å²) in [6.07, 6.45) is 2.69. The van der Waals surface area contributed by atoms with E-state index in [0.29, 0.717) is 18.3 Å². The van der Waals surface area contributed by atoms with E-state index in [1.54, 1.807) is 10.7 Å². The van der Waals surface area contributed by atoms with E-state index in [1.165, 1.54) is 11.1 Å². The van der Waals surface area contributed by atoms with Crippen molar-refractivity contribution >= 4 is 11.4 Å². The van der Waals surface area contributed by atoms with Crippen LogP contribution in [-0.4, -0.2) is 52.0 Å². The van der Waals surface area contributed by atoms with Crippen molar-refractivity contribution in [3.63, 3.8) is 0 Å². The minimum absolute atomic E-state index is 0.00144. The van der Waals surface area contributed by atoms with Gasteiger partial charge in [0.25, 0.3) is 5.91 Å². The number of rotatable bonds is 3. The fourth-order valence-electron chi connectivity index (χ4n) is 3.63. The molecule has 0 N–H and O–H groups in total. The van der Waals surface area contributed by atoms with E-state index in [4.69, 9.17) is 0 Å². The van der Waals surface area contributed by atoms with Gasteiger partial charge in [-0.3, -0.25) is 9.69 Å². The number of likely N-dealkylation sites (N-methyl/N-ethyl adjacent to an activating group) is 2. The highest BCUT2D eigenvalue weighted by atomic mass is 16.2. The van der Waals surface area contributed by atoms with E-state index in [1.807, 2.05) is 36.2 Å². The summed E-state index contributed by atoms with van der Waals surface area (Å²) >= 11 is 0. The minimum atomic E-state index is 0.00144. The molecule has 3 aromatic rings. The van der Waals surface area contributed by atoms with Crippen LogP contribution in [0.5, 0.6) is 0 Å². The molecule has 1 aromatic carbocycles. The van der Waals surface area contributed by atoms with E-state index in [-0.39, 0.29) is 5.91 Å². The molecule has 128 valence electrons. The van der Waals surface area contributed by atoms with E-state index >= 15 is 0 Å². The fourth-order valence-corrected chi connectivity index (χ4v) is 3.63. The van der Waals surface area contributed by atoms with Crippen LogP contribution in [0.15, 0.2) is 54.7 Å². The van der Waals surface area contributed by atoms with Crippen LogP contribution in [0.1, 0.15) is 21.6 Å². The third kappa shape index (κ3) is 2.91. The summed E-state index contributed by atoms with van der Waals surface area (Å²) in [6, 6.07) is 16.5. The van der Waals surface area contributed by atoms with Crippen molar-refractivity contribution in [1.29, 1.82) is 0 Å². The van der Waals surface area contributed by atoms with Gasteiger partial charge in [-0.05, 0) is 42.8 Å². The van der Waals surface area contributed by atoms with Crippen molar-refractivity contribution in [1.82, 2.24) is 19.4 Å². The largest absolute Gasteiger partial charge is 0.339 e. The second kappa shape index (κ2) is 6.33. The van der Waals surface area contributed by atoms with E-state index in [2.05, 4.69) is 41.3 Å². The Morgan fingerprint density at radius 3 is 2.80 bits per heavy atom. The first kappa shape index (κ1) is 15.8. The molecule has 5 heteroatoms. The van der Waals surface area contributed by atoms with Crippen LogP contribution < -0.4 is 0 Å². The summed E-state index contributed by atoms with van der Waals surface area (Å²) in [5, 5.41) is 4.27. The van der Waals surface area contributed by atoms with Crippen LogP contribution in [0.4, 0.5) is 0 Å². The molecule has 1 aliphatic heterocycles. The van der Waals surface area contributed by atoms with Crippen molar-refractivity contribution in [2.45, 2.75) is 19.0 Å². The zero-order valence-electron chi connectivity index (χ0n) is 14.6. The molecule has 0 saturated carbocycles. The molecule has 1 atom stereocenters. The summed E-state index contributed by atoms with van der Waals surface area (Å²) in [6.45, 7) is 1.62. The first-order valence-corrected chi connectivity index (χ1v) is 8.59. The van der Waals surface area contributed by atoms with E-state index in [9.17, 15) is 4.79 Å². The first-order valence-electron chi connectivity index (χ1n) is 8.59. The number of carbonyl (C=O) groups excluding carboxylic acids is 1. The average molecular weight is 334 g/mol. The molecule has 5 nitrogen and oxygen atoms in total. The molecule has 1 amide bonds. The van der Waals surface area contributed by atoms with Gasteiger partial charge >= 0.3 is 0 Å². The smallest absolute Gasteiger partial charge is 0.272 e. The molecule has 4 rings (SSSR count). The lowest BCUT2D eigenvalue weighted by Crippen LogP contribution is -2.46. The molecule has 0 saturated heterocycles. The Morgan fingerprint density at radius 1 is 1.16 bits per heavy atom. The van der Waals surface area contributed by atoms with Gasteiger partial charge in [0, 0.05) is 26.2 Å². The molecule has 1 aliphatic rings. The van der Waals surface area contributed by atoms with E-state index in [0.717, 1.165) is 18.5 Å². The van der Waals surface area contributed by atoms with Gasteiger partial charge in [-0.15, -0.1) is 0 Å². The summed E-state index contributed by atoms with van der Waals surface area (Å²) in [5.74, 6) is 0.00144. The van der Waals surface area contributed by atoms with Crippen molar-refractivity contribution in [3.05, 3.63) is 71.5 Å². The third-order valence-corrected chi connectivity index (χ3v) is 5.09. The predicted octanol–water partition coefficient (Wildman–Crippen LogP) is 2.46. The van der Waals surface area contributed by atoms with E-state index < -0.39 is 0 Å². The van der Waals surface area contributed by atoms with Crippen molar-refractivity contribution in [3.8, 4) is 0 Å². The number of hydrogen-bond acceptors (Lipinski definition) is 3. The maximum Gasteiger partial charge on any atom is 0.272 e. The van der Waals surface area contributed by atoms with Gasteiger partial charge < -0.3 is 4.90 Å². The zero-order valence-corrected chi connectivity index (χ0v) is 14.6. The highest BCUT2D eigenvalue weighted by Gasteiger charge is 2.26. The van der Waals surface area contributed by atoms with Gasteiger partial charge in [0.1, 0.15) is 5.69 Å². The Balaban J connectivity index is 1.53. The Morgan fingerprint density at radius 2 is 1.96 bits per heavy atom. The van der Waals surface area contributed by atoms with Crippen molar-refractivity contribution in [2.75, 3.05) is 20.6 Å². The number of pyridine rings is 1. The number of fused-ring (bicyclic) bond motifs is 2. The summed E-state index contributed by atoms with van der Waals surface area (Å²) < 4.78 is 1.71. The lowest BCUT2D eigenvalue weighted by molar-refractivity contribution is 0.0725. The Hall–Kier alpha value is -2.66. The number of hydrogen-bond donors (Lipinski definition) is 0. The number of benzene rings is 1. The molecular weight excluding hydrogens is 312 g/mol. The topological polar surface area (TPSA) is 40.8 Å². The average Bonchev–Trinajstić information content (AvgIpc) is 3.10. The Kier molecular flexibility index (Phi) is 4.01. The third-order valence-electron chi connectivity index (χ3n) is 5.09. The Bertz CT molecular complexity index is 917. The van der Waals surface area contributed by atoms with Gasteiger partial charge in [-0.1, -0.05) is 30.3 Å². The SMILES string of the molecule is CN(C[C@H]1Cc2ccccc2CN1C)C(=O)c1cccc2ccnn12. The molecule has 0 aliphatic carbocycles. The molecule has 2 aromatic heterocycles. The van der Waals surface area contributed by atoms with Crippen LogP contribution >= 0.6 is 0 Å². The normalized spacial score (nSPS) is 17.4. The molecular formula is C20H22N4O. The molecule has 0 bridgehead atoms. The highest BCUT2D eigenvalue weighted by molar-refractivity contribution is 5.93. The molecule has 25 heavy (non-hydrogen) atoms.